The van der Waals surface area contributed by atoms with Gasteiger partial charge in [0.15, 0.2) is 0 Å². The first-order chi connectivity index (χ1) is 9.97. The molecule has 5 heteroatoms. The highest BCUT2D eigenvalue weighted by Crippen LogP contribution is 2.23. The van der Waals surface area contributed by atoms with Crippen molar-refractivity contribution < 1.29 is 14.3 Å². The maximum Gasteiger partial charge on any atom is 0.325 e. The van der Waals surface area contributed by atoms with Crippen LogP contribution in [0.15, 0.2) is 18.2 Å². The summed E-state index contributed by atoms with van der Waals surface area (Å²) in [5.41, 5.74) is 3.82. The van der Waals surface area contributed by atoms with Crippen LogP contribution in [-0.4, -0.2) is 42.0 Å². The number of aromatic amines is 1. The van der Waals surface area contributed by atoms with Gasteiger partial charge in [-0.15, -0.1) is 0 Å². The largest absolute Gasteiger partial charge is 0.468 e. The number of ether oxygens (including phenoxy) is 1. The van der Waals surface area contributed by atoms with E-state index in [1.807, 2.05) is 32.9 Å². The van der Waals surface area contributed by atoms with Crippen molar-refractivity contribution >= 4 is 22.8 Å². The van der Waals surface area contributed by atoms with Gasteiger partial charge in [-0.2, -0.15) is 0 Å². The SMILES string of the molecule is CCN(CC(=O)OC)C(=O)c1ccc2[nH]c(C)c(C)c2c1. The number of carbonyl (C=O) groups excluding carboxylic acids is 2. The molecule has 2 aromatic rings. The van der Waals surface area contributed by atoms with Crippen molar-refractivity contribution in [2.75, 3.05) is 20.2 Å². The van der Waals surface area contributed by atoms with Crippen LogP contribution in [0.5, 0.6) is 0 Å². The van der Waals surface area contributed by atoms with Crippen LogP contribution < -0.4 is 0 Å². The smallest absolute Gasteiger partial charge is 0.325 e. The standard InChI is InChI=1S/C16H20N2O3/c1-5-18(9-15(19)21-4)16(20)12-6-7-14-13(8-12)10(2)11(3)17-14/h6-8,17H,5,9H2,1-4H3. The predicted molar refractivity (Wildman–Crippen MR) is 81.4 cm³/mol. The molecule has 0 aliphatic carbocycles. The van der Waals surface area contributed by atoms with Crippen molar-refractivity contribution in [2.45, 2.75) is 20.8 Å². The van der Waals surface area contributed by atoms with E-state index in [0.717, 1.165) is 22.2 Å². The maximum atomic E-state index is 12.5. The number of likely N-dealkylation sites (N-methyl/N-ethyl adjacent to an activating group) is 1. The van der Waals surface area contributed by atoms with Crippen molar-refractivity contribution in [2.24, 2.45) is 0 Å². The van der Waals surface area contributed by atoms with Crippen LogP contribution in [-0.2, 0) is 9.53 Å². The molecular weight excluding hydrogens is 268 g/mol. The number of aryl methyl sites for hydroxylation is 2. The summed E-state index contributed by atoms with van der Waals surface area (Å²) in [6.45, 7) is 6.29. The Morgan fingerprint density at radius 1 is 1.29 bits per heavy atom. The predicted octanol–water partition coefficient (Wildman–Crippen LogP) is 2.42. The Balaban J connectivity index is 2.33. The summed E-state index contributed by atoms with van der Waals surface area (Å²) < 4.78 is 4.62. The Bertz CT molecular complexity index is 688. The van der Waals surface area contributed by atoms with Gasteiger partial charge in [-0.05, 0) is 44.5 Å². The summed E-state index contributed by atoms with van der Waals surface area (Å²) in [4.78, 5) is 28.6. The van der Waals surface area contributed by atoms with Crippen molar-refractivity contribution in [3.05, 3.63) is 35.0 Å². The third-order valence-corrected chi connectivity index (χ3v) is 3.77. The van der Waals surface area contributed by atoms with E-state index in [4.69, 9.17) is 0 Å². The Labute approximate surface area is 123 Å². The number of rotatable bonds is 4. The zero-order chi connectivity index (χ0) is 15.6. The van der Waals surface area contributed by atoms with Crippen molar-refractivity contribution in [3.8, 4) is 0 Å². The van der Waals surface area contributed by atoms with E-state index in [1.165, 1.54) is 12.0 Å². The number of nitrogens with zero attached hydrogens (tertiary/aromatic N) is 1. The molecule has 0 aliphatic rings. The molecule has 0 radical (unpaired) electrons. The van der Waals surface area contributed by atoms with Gasteiger partial charge in [0.2, 0.25) is 0 Å². The second-order valence-electron chi connectivity index (χ2n) is 5.03. The number of nitrogens with one attached hydrogen (secondary N) is 1. The zero-order valence-electron chi connectivity index (χ0n) is 12.8. The fraction of sp³-hybridized carbons (Fsp3) is 0.375. The molecule has 0 aliphatic heterocycles. The number of benzene rings is 1. The van der Waals surface area contributed by atoms with Gasteiger partial charge in [0.1, 0.15) is 6.54 Å². The molecule has 1 aromatic heterocycles. The summed E-state index contributed by atoms with van der Waals surface area (Å²) in [6.07, 6.45) is 0. The number of hydrogen-bond acceptors (Lipinski definition) is 3. The van der Waals surface area contributed by atoms with Gasteiger partial charge in [0.25, 0.3) is 5.91 Å². The highest BCUT2D eigenvalue weighted by Gasteiger charge is 2.18. The van der Waals surface area contributed by atoms with Gasteiger partial charge in [-0.3, -0.25) is 9.59 Å². The van der Waals surface area contributed by atoms with E-state index in [-0.39, 0.29) is 12.5 Å². The van der Waals surface area contributed by atoms with E-state index in [9.17, 15) is 9.59 Å². The van der Waals surface area contributed by atoms with E-state index in [0.29, 0.717) is 12.1 Å². The van der Waals surface area contributed by atoms with E-state index in [1.54, 1.807) is 6.07 Å². The van der Waals surface area contributed by atoms with Gasteiger partial charge in [-0.1, -0.05) is 0 Å². The van der Waals surface area contributed by atoms with E-state index >= 15 is 0 Å². The highest BCUT2D eigenvalue weighted by molar-refractivity contribution is 6.00. The lowest BCUT2D eigenvalue weighted by Crippen LogP contribution is -2.36. The van der Waals surface area contributed by atoms with Gasteiger partial charge in [0.05, 0.1) is 7.11 Å². The molecule has 1 N–H and O–H groups in total. The van der Waals surface area contributed by atoms with Gasteiger partial charge in [0, 0.05) is 28.7 Å². The minimum absolute atomic E-state index is 0.0327. The number of esters is 1. The van der Waals surface area contributed by atoms with Crippen LogP contribution in [0.25, 0.3) is 10.9 Å². The lowest BCUT2D eigenvalue weighted by molar-refractivity contribution is -0.141. The second-order valence-corrected chi connectivity index (χ2v) is 5.03. The average Bonchev–Trinajstić information content (AvgIpc) is 2.78. The van der Waals surface area contributed by atoms with E-state index in [2.05, 4.69) is 9.72 Å². The van der Waals surface area contributed by atoms with Gasteiger partial charge < -0.3 is 14.6 Å². The number of fused-ring (bicyclic) bond motifs is 1. The number of H-pyrrole nitrogens is 1. The van der Waals surface area contributed by atoms with Crippen molar-refractivity contribution in [3.63, 3.8) is 0 Å². The molecule has 0 bridgehead atoms. The number of amides is 1. The Morgan fingerprint density at radius 3 is 2.62 bits per heavy atom. The summed E-state index contributed by atoms with van der Waals surface area (Å²) >= 11 is 0. The fourth-order valence-electron chi connectivity index (χ4n) is 2.32. The second kappa shape index (κ2) is 5.99. The Hall–Kier alpha value is -2.30. The molecule has 2 rings (SSSR count). The molecule has 5 nitrogen and oxygen atoms in total. The molecule has 1 aromatic carbocycles. The van der Waals surface area contributed by atoms with Crippen LogP contribution in [0, 0.1) is 13.8 Å². The fourth-order valence-corrected chi connectivity index (χ4v) is 2.32. The first-order valence-electron chi connectivity index (χ1n) is 6.93. The molecular formula is C16H20N2O3. The lowest BCUT2D eigenvalue weighted by atomic mass is 10.1. The van der Waals surface area contributed by atoms with Crippen LogP contribution in [0.3, 0.4) is 0 Å². The third kappa shape index (κ3) is 2.91. The quantitative estimate of drug-likeness (QED) is 0.879. The summed E-state index contributed by atoms with van der Waals surface area (Å²) in [7, 11) is 1.32. The van der Waals surface area contributed by atoms with Crippen molar-refractivity contribution in [1.29, 1.82) is 0 Å². The molecule has 0 spiro atoms. The zero-order valence-corrected chi connectivity index (χ0v) is 12.8. The third-order valence-electron chi connectivity index (χ3n) is 3.77. The molecule has 21 heavy (non-hydrogen) atoms. The van der Waals surface area contributed by atoms with E-state index < -0.39 is 5.97 Å². The van der Waals surface area contributed by atoms with Crippen LogP contribution in [0.1, 0.15) is 28.5 Å². The Kier molecular flexibility index (Phi) is 4.31. The summed E-state index contributed by atoms with van der Waals surface area (Å²) in [5.74, 6) is -0.581. The molecule has 0 unspecified atom stereocenters. The van der Waals surface area contributed by atoms with Crippen LogP contribution in [0.2, 0.25) is 0 Å². The molecule has 112 valence electrons. The average molecular weight is 288 g/mol. The molecule has 0 atom stereocenters. The van der Waals surface area contributed by atoms with Gasteiger partial charge in [-0.25, -0.2) is 0 Å². The first-order valence-corrected chi connectivity index (χ1v) is 6.93. The van der Waals surface area contributed by atoms with Crippen molar-refractivity contribution in [1.82, 2.24) is 9.88 Å². The lowest BCUT2D eigenvalue weighted by Gasteiger charge is -2.19. The number of hydrogen-bond donors (Lipinski definition) is 1. The molecule has 1 heterocycles. The highest BCUT2D eigenvalue weighted by atomic mass is 16.5. The minimum atomic E-state index is -0.417. The topological polar surface area (TPSA) is 62.4 Å². The number of methoxy groups -OCH3 is 1. The molecule has 0 saturated carbocycles. The minimum Gasteiger partial charge on any atom is -0.468 e. The monoisotopic (exact) mass is 288 g/mol. The molecule has 0 saturated heterocycles. The number of aromatic nitrogens is 1. The normalized spacial score (nSPS) is 10.7. The first kappa shape index (κ1) is 15.1. The van der Waals surface area contributed by atoms with Gasteiger partial charge >= 0.3 is 5.97 Å². The van der Waals surface area contributed by atoms with Crippen LogP contribution >= 0.6 is 0 Å². The van der Waals surface area contributed by atoms with Crippen LogP contribution in [0.4, 0.5) is 0 Å². The number of carbonyl (C=O) groups is 2. The Morgan fingerprint density at radius 2 is 2.00 bits per heavy atom. The molecule has 1 amide bonds. The summed E-state index contributed by atoms with van der Waals surface area (Å²) in [5, 5.41) is 1.03. The molecule has 0 fully saturated rings. The summed E-state index contributed by atoms with van der Waals surface area (Å²) in [6, 6.07) is 5.55. The maximum absolute atomic E-state index is 12.5.